The first-order valence-electron chi connectivity index (χ1n) is 10.9. The second-order valence-electron chi connectivity index (χ2n) is 7.95. The van der Waals surface area contributed by atoms with Gasteiger partial charge in [-0.15, -0.1) is 0 Å². The van der Waals surface area contributed by atoms with Crippen LogP contribution in [-0.4, -0.2) is 54.9 Å². The van der Waals surface area contributed by atoms with E-state index in [1.807, 2.05) is 58.0 Å². The van der Waals surface area contributed by atoms with Gasteiger partial charge in [0.15, 0.2) is 6.61 Å². The minimum absolute atomic E-state index is 0.0560. The molecule has 0 fully saturated rings. The number of amides is 1. The van der Waals surface area contributed by atoms with Gasteiger partial charge in [0, 0.05) is 12.2 Å². The van der Waals surface area contributed by atoms with E-state index >= 15 is 0 Å². The molecule has 2 N–H and O–H groups in total. The largest absolute Gasteiger partial charge is 0.490 e. The standard InChI is InChI=1S/C25H36N2O4/c1-7-27(8-2)14-22(28)15-30-25-19(5)12-21(13-20(25)6)26-23(29)16-31-24-17(3)10-9-11-18(24)4/h9-13,22,28H,7-8,14-16H2,1-6H3,(H,26,29). The molecule has 2 aromatic rings. The van der Waals surface area contributed by atoms with E-state index in [1.54, 1.807) is 0 Å². The number of aliphatic hydroxyl groups is 1. The van der Waals surface area contributed by atoms with E-state index in [0.29, 0.717) is 12.2 Å². The summed E-state index contributed by atoms with van der Waals surface area (Å²) in [7, 11) is 0. The third-order valence-corrected chi connectivity index (χ3v) is 5.28. The summed E-state index contributed by atoms with van der Waals surface area (Å²) in [5.41, 5.74) is 4.51. The topological polar surface area (TPSA) is 71.0 Å². The average molecular weight is 429 g/mol. The Kier molecular flexibility index (Phi) is 9.34. The number of rotatable bonds is 11. The van der Waals surface area contributed by atoms with Crippen LogP contribution >= 0.6 is 0 Å². The molecule has 1 amide bonds. The summed E-state index contributed by atoms with van der Waals surface area (Å²) < 4.78 is 11.6. The van der Waals surface area contributed by atoms with E-state index in [2.05, 4.69) is 24.1 Å². The number of anilines is 1. The lowest BCUT2D eigenvalue weighted by molar-refractivity contribution is -0.118. The van der Waals surface area contributed by atoms with Gasteiger partial charge in [0.25, 0.3) is 5.91 Å². The molecule has 6 nitrogen and oxygen atoms in total. The third kappa shape index (κ3) is 7.26. The van der Waals surface area contributed by atoms with E-state index in [1.165, 1.54) is 0 Å². The molecule has 0 bridgehead atoms. The van der Waals surface area contributed by atoms with Crippen LogP contribution in [0, 0.1) is 27.7 Å². The van der Waals surface area contributed by atoms with Gasteiger partial charge in [-0.3, -0.25) is 4.79 Å². The van der Waals surface area contributed by atoms with E-state index in [0.717, 1.165) is 46.8 Å². The summed E-state index contributed by atoms with van der Waals surface area (Å²) in [4.78, 5) is 14.5. The van der Waals surface area contributed by atoms with Crippen molar-refractivity contribution in [2.24, 2.45) is 0 Å². The highest BCUT2D eigenvalue weighted by atomic mass is 16.5. The third-order valence-electron chi connectivity index (χ3n) is 5.28. The molecule has 0 aliphatic heterocycles. The van der Waals surface area contributed by atoms with Gasteiger partial charge in [-0.1, -0.05) is 32.0 Å². The summed E-state index contributed by atoms with van der Waals surface area (Å²) in [5.74, 6) is 1.27. The lowest BCUT2D eigenvalue weighted by Crippen LogP contribution is -2.35. The molecule has 2 rings (SSSR count). The minimum Gasteiger partial charge on any atom is -0.490 e. The Labute approximate surface area is 186 Å². The Balaban J connectivity index is 1.94. The maximum Gasteiger partial charge on any atom is 0.262 e. The number of likely N-dealkylation sites (N-methyl/N-ethyl adjacent to an activating group) is 1. The summed E-state index contributed by atoms with van der Waals surface area (Å²) in [5, 5.41) is 13.1. The summed E-state index contributed by atoms with van der Waals surface area (Å²) in [6, 6.07) is 9.64. The van der Waals surface area contributed by atoms with Crippen LogP contribution in [-0.2, 0) is 4.79 Å². The fourth-order valence-corrected chi connectivity index (χ4v) is 3.62. The molecule has 0 aliphatic rings. The van der Waals surface area contributed by atoms with Crippen LogP contribution in [0.15, 0.2) is 30.3 Å². The highest BCUT2D eigenvalue weighted by Gasteiger charge is 2.14. The van der Waals surface area contributed by atoms with Crippen molar-refractivity contribution in [3.8, 4) is 11.5 Å². The van der Waals surface area contributed by atoms with Gasteiger partial charge in [-0.2, -0.15) is 0 Å². The predicted octanol–water partition coefficient (Wildman–Crippen LogP) is 4.02. The van der Waals surface area contributed by atoms with Gasteiger partial charge >= 0.3 is 0 Å². The lowest BCUT2D eigenvalue weighted by atomic mass is 10.1. The van der Waals surface area contributed by atoms with E-state index in [-0.39, 0.29) is 19.1 Å². The van der Waals surface area contributed by atoms with Gasteiger partial charge in [0.05, 0.1) is 0 Å². The van der Waals surface area contributed by atoms with Crippen molar-refractivity contribution >= 4 is 11.6 Å². The molecule has 6 heteroatoms. The Hall–Kier alpha value is -2.57. The molecule has 31 heavy (non-hydrogen) atoms. The van der Waals surface area contributed by atoms with Crippen molar-refractivity contribution in [1.82, 2.24) is 4.90 Å². The second-order valence-corrected chi connectivity index (χ2v) is 7.95. The Morgan fingerprint density at radius 1 is 0.968 bits per heavy atom. The smallest absolute Gasteiger partial charge is 0.262 e. The van der Waals surface area contributed by atoms with Crippen molar-refractivity contribution in [3.05, 3.63) is 52.6 Å². The zero-order valence-corrected chi connectivity index (χ0v) is 19.6. The van der Waals surface area contributed by atoms with Crippen LogP contribution in [0.2, 0.25) is 0 Å². The molecule has 0 radical (unpaired) electrons. The zero-order chi connectivity index (χ0) is 23.0. The minimum atomic E-state index is -0.555. The van der Waals surface area contributed by atoms with Crippen LogP contribution < -0.4 is 14.8 Å². The van der Waals surface area contributed by atoms with Crippen LogP contribution in [0.4, 0.5) is 5.69 Å². The molecule has 0 aromatic heterocycles. The van der Waals surface area contributed by atoms with Crippen molar-refractivity contribution in [2.75, 3.05) is 38.2 Å². The van der Waals surface area contributed by atoms with Crippen LogP contribution in [0.3, 0.4) is 0 Å². The maximum absolute atomic E-state index is 12.4. The normalized spacial score (nSPS) is 12.0. The maximum atomic E-state index is 12.4. The molecular weight excluding hydrogens is 392 g/mol. The number of carbonyl (C=O) groups excluding carboxylic acids is 1. The molecular formula is C25H36N2O4. The first kappa shape index (κ1) is 24.7. The fourth-order valence-electron chi connectivity index (χ4n) is 3.62. The molecule has 0 heterocycles. The van der Waals surface area contributed by atoms with Crippen molar-refractivity contribution in [2.45, 2.75) is 47.6 Å². The van der Waals surface area contributed by atoms with Gasteiger partial charge in [-0.05, 0) is 75.2 Å². The summed E-state index contributed by atoms with van der Waals surface area (Å²) in [6.45, 7) is 14.5. The molecule has 1 unspecified atom stereocenters. The summed E-state index contributed by atoms with van der Waals surface area (Å²) in [6.07, 6.45) is -0.555. The quantitative estimate of drug-likeness (QED) is 0.566. The number of para-hydroxylation sites is 1. The summed E-state index contributed by atoms with van der Waals surface area (Å²) >= 11 is 0. The van der Waals surface area contributed by atoms with E-state index in [9.17, 15) is 9.90 Å². The lowest BCUT2D eigenvalue weighted by Gasteiger charge is -2.23. The molecule has 0 saturated heterocycles. The van der Waals surface area contributed by atoms with Crippen molar-refractivity contribution in [3.63, 3.8) is 0 Å². The number of hydrogen-bond donors (Lipinski definition) is 2. The molecule has 0 aliphatic carbocycles. The van der Waals surface area contributed by atoms with Gasteiger partial charge < -0.3 is 24.8 Å². The number of aliphatic hydroxyl groups excluding tert-OH is 1. The Morgan fingerprint density at radius 3 is 2.06 bits per heavy atom. The number of aryl methyl sites for hydroxylation is 4. The van der Waals surface area contributed by atoms with E-state index in [4.69, 9.17) is 9.47 Å². The Morgan fingerprint density at radius 2 is 1.52 bits per heavy atom. The molecule has 0 saturated carbocycles. The molecule has 0 spiro atoms. The van der Waals surface area contributed by atoms with Gasteiger partial charge in [0.2, 0.25) is 0 Å². The van der Waals surface area contributed by atoms with E-state index < -0.39 is 6.10 Å². The number of carbonyl (C=O) groups is 1. The first-order valence-corrected chi connectivity index (χ1v) is 10.9. The fraction of sp³-hybridized carbons (Fsp3) is 0.480. The van der Waals surface area contributed by atoms with Crippen LogP contribution in [0.25, 0.3) is 0 Å². The molecule has 1 atom stereocenters. The number of benzene rings is 2. The number of ether oxygens (including phenoxy) is 2. The SMILES string of the molecule is CCN(CC)CC(O)COc1c(C)cc(NC(=O)COc2c(C)cccc2C)cc1C. The highest BCUT2D eigenvalue weighted by molar-refractivity contribution is 5.92. The molecule has 170 valence electrons. The number of nitrogens with one attached hydrogen (secondary N) is 1. The first-order chi connectivity index (χ1) is 14.7. The van der Waals surface area contributed by atoms with Crippen molar-refractivity contribution in [1.29, 1.82) is 0 Å². The monoisotopic (exact) mass is 428 g/mol. The Bertz CT molecular complexity index is 835. The average Bonchev–Trinajstić information content (AvgIpc) is 2.71. The molecule has 2 aromatic carbocycles. The van der Waals surface area contributed by atoms with Crippen LogP contribution in [0.1, 0.15) is 36.1 Å². The van der Waals surface area contributed by atoms with Gasteiger partial charge in [0.1, 0.15) is 24.2 Å². The highest BCUT2D eigenvalue weighted by Crippen LogP contribution is 2.28. The van der Waals surface area contributed by atoms with Gasteiger partial charge in [-0.25, -0.2) is 0 Å². The zero-order valence-electron chi connectivity index (χ0n) is 19.6. The van der Waals surface area contributed by atoms with Crippen molar-refractivity contribution < 1.29 is 19.4 Å². The second kappa shape index (κ2) is 11.7. The number of hydrogen-bond acceptors (Lipinski definition) is 5. The van der Waals surface area contributed by atoms with Crippen LogP contribution in [0.5, 0.6) is 11.5 Å². The predicted molar refractivity (Wildman–Crippen MR) is 125 cm³/mol. The number of nitrogens with zero attached hydrogens (tertiary/aromatic N) is 1.